The number of nitrogens with zero attached hydrogens (tertiary/aromatic N) is 2. The number of hydrogen-bond donors (Lipinski definition) is 2. The summed E-state index contributed by atoms with van der Waals surface area (Å²) < 4.78 is 20.2. The molecule has 7 nitrogen and oxygen atoms in total. The Hall–Kier alpha value is -4.20. The molecule has 0 fully saturated rings. The van der Waals surface area contributed by atoms with Crippen molar-refractivity contribution in [2.24, 2.45) is 0 Å². The van der Waals surface area contributed by atoms with E-state index in [1.54, 1.807) is 53.4 Å². The highest BCUT2D eigenvalue weighted by atomic mass is 19.1. The van der Waals surface area contributed by atoms with Crippen LogP contribution in [0, 0.1) is 5.82 Å². The Kier molecular flexibility index (Phi) is 6.87. The molecule has 0 aliphatic heterocycles. The molecule has 8 heteroatoms. The van der Waals surface area contributed by atoms with Crippen LogP contribution < -0.4 is 10.6 Å². The van der Waals surface area contributed by atoms with Crippen molar-refractivity contribution in [1.82, 2.24) is 20.4 Å². The van der Waals surface area contributed by atoms with Gasteiger partial charge in [0.05, 0.1) is 35.9 Å². The van der Waals surface area contributed by atoms with Gasteiger partial charge in [0, 0.05) is 12.1 Å². The van der Waals surface area contributed by atoms with Crippen LogP contribution in [0.15, 0.2) is 77.5 Å². The zero-order valence-electron chi connectivity index (χ0n) is 18.9. The molecule has 0 aliphatic rings. The molecule has 0 atom stereocenters. The molecule has 2 aromatic heterocycles. The van der Waals surface area contributed by atoms with E-state index >= 15 is 0 Å². The van der Waals surface area contributed by atoms with E-state index in [0.717, 1.165) is 11.3 Å². The fourth-order valence-electron chi connectivity index (χ4n) is 3.66. The molecule has 0 unspecified atom stereocenters. The van der Waals surface area contributed by atoms with Gasteiger partial charge in [-0.25, -0.2) is 9.07 Å². The van der Waals surface area contributed by atoms with Gasteiger partial charge in [-0.3, -0.25) is 9.59 Å². The molecule has 0 bridgehead atoms. The van der Waals surface area contributed by atoms with Crippen LogP contribution in [-0.2, 0) is 13.1 Å². The summed E-state index contributed by atoms with van der Waals surface area (Å²) in [4.78, 5) is 25.4. The minimum absolute atomic E-state index is 0.00879. The molecule has 34 heavy (non-hydrogen) atoms. The second-order valence-corrected chi connectivity index (χ2v) is 8.13. The topological polar surface area (TPSA) is 89.2 Å². The first-order valence-corrected chi connectivity index (χ1v) is 10.9. The number of amides is 2. The molecule has 0 radical (unpaired) electrons. The number of halogens is 1. The number of benzene rings is 2. The van der Waals surface area contributed by atoms with Gasteiger partial charge in [0.2, 0.25) is 0 Å². The highest BCUT2D eigenvalue weighted by molar-refractivity contribution is 5.96. The Morgan fingerprint density at radius 2 is 1.76 bits per heavy atom. The lowest BCUT2D eigenvalue weighted by Gasteiger charge is -2.13. The third-order valence-electron chi connectivity index (χ3n) is 5.31. The van der Waals surface area contributed by atoms with Crippen molar-refractivity contribution < 1.29 is 18.4 Å². The van der Waals surface area contributed by atoms with Gasteiger partial charge in [0.15, 0.2) is 0 Å². The van der Waals surface area contributed by atoms with Crippen LogP contribution in [0.3, 0.4) is 0 Å². The number of carbonyl (C=O) groups is 2. The zero-order chi connectivity index (χ0) is 24.1. The van der Waals surface area contributed by atoms with E-state index < -0.39 is 0 Å². The van der Waals surface area contributed by atoms with Crippen LogP contribution >= 0.6 is 0 Å². The molecule has 4 rings (SSSR count). The van der Waals surface area contributed by atoms with Crippen molar-refractivity contribution in [2.45, 2.75) is 32.9 Å². The Labute approximate surface area is 196 Å². The molecular weight excluding hydrogens is 435 g/mol. The van der Waals surface area contributed by atoms with Gasteiger partial charge in [0.1, 0.15) is 11.6 Å². The maximum Gasteiger partial charge on any atom is 0.255 e. The van der Waals surface area contributed by atoms with Crippen LogP contribution in [0.1, 0.15) is 57.5 Å². The summed E-state index contributed by atoms with van der Waals surface area (Å²) in [6.07, 6.45) is 3.07. The maximum absolute atomic E-state index is 13.3. The number of hydrogen-bond acceptors (Lipinski definition) is 4. The Morgan fingerprint density at radius 3 is 2.47 bits per heavy atom. The predicted octanol–water partition coefficient (Wildman–Crippen LogP) is 4.59. The third kappa shape index (κ3) is 5.23. The first kappa shape index (κ1) is 23.0. The van der Waals surface area contributed by atoms with E-state index in [1.165, 1.54) is 18.3 Å². The van der Waals surface area contributed by atoms with E-state index in [9.17, 15) is 14.0 Å². The highest BCUT2D eigenvalue weighted by Gasteiger charge is 2.21. The molecule has 2 N–H and O–H groups in total. The summed E-state index contributed by atoms with van der Waals surface area (Å²) in [5.41, 5.74) is 3.14. The number of rotatable bonds is 8. The van der Waals surface area contributed by atoms with Gasteiger partial charge in [-0.15, -0.1) is 0 Å². The van der Waals surface area contributed by atoms with E-state index in [4.69, 9.17) is 4.42 Å². The predicted molar refractivity (Wildman–Crippen MR) is 125 cm³/mol. The first-order valence-electron chi connectivity index (χ1n) is 10.9. The van der Waals surface area contributed by atoms with Crippen molar-refractivity contribution in [3.8, 4) is 5.69 Å². The van der Waals surface area contributed by atoms with Gasteiger partial charge in [-0.1, -0.05) is 26.0 Å². The first-order chi connectivity index (χ1) is 16.4. The number of nitrogens with one attached hydrogen (secondary N) is 2. The lowest BCUT2D eigenvalue weighted by Crippen LogP contribution is -2.25. The molecule has 0 saturated carbocycles. The molecular formula is C26H25FN4O3. The normalized spacial score (nSPS) is 10.9. The lowest BCUT2D eigenvalue weighted by molar-refractivity contribution is 0.0943. The summed E-state index contributed by atoms with van der Waals surface area (Å²) in [6, 6.07) is 16.6. The summed E-state index contributed by atoms with van der Waals surface area (Å²) in [7, 11) is 0. The third-order valence-corrected chi connectivity index (χ3v) is 5.31. The summed E-state index contributed by atoms with van der Waals surface area (Å²) in [6.45, 7) is 4.48. The molecule has 4 aromatic rings. The molecule has 2 heterocycles. The van der Waals surface area contributed by atoms with Crippen LogP contribution in [0.2, 0.25) is 0 Å². The Balaban J connectivity index is 1.44. The van der Waals surface area contributed by atoms with E-state index in [2.05, 4.69) is 15.7 Å². The minimum atomic E-state index is -0.336. The SMILES string of the molecule is CC(C)c1c(C(=O)NCc2cccc(C(=O)NCc3ccco3)c2)cnn1-c1ccc(F)cc1. The average Bonchev–Trinajstić information content (AvgIpc) is 3.52. The van der Waals surface area contributed by atoms with E-state index in [-0.39, 0.29) is 30.1 Å². The molecule has 174 valence electrons. The van der Waals surface area contributed by atoms with Gasteiger partial charge in [-0.2, -0.15) is 5.10 Å². The van der Waals surface area contributed by atoms with Gasteiger partial charge < -0.3 is 15.1 Å². The summed E-state index contributed by atoms with van der Waals surface area (Å²) in [5.74, 6) is -0.165. The lowest BCUT2D eigenvalue weighted by atomic mass is 10.0. The monoisotopic (exact) mass is 460 g/mol. The fraction of sp³-hybridized carbons (Fsp3) is 0.192. The van der Waals surface area contributed by atoms with Crippen molar-refractivity contribution in [1.29, 1.82) is 0 Å². The molecule has 0 aliphatic carbocycles. The second kappa shape index (κ2) is 10.2. The number of aromatic nitrogens is 2. The average molecular weight is 461 g/mol. The van der Waals surface area contributed by atoms with Crippen molar-refractivity contribution in [3.63, 3.8) is 0 Å². The summed E-state index contributed by atoms with van der Waals surface area (Å²) in [5, 5.41) is 10.1. The van der Waals surface area contributed by atoms with Crippen LogP contribution in [0.25, 0.3) is 5.69 Å². The number of carbonyl (C=O) groups excluding carboxylic acids is 2. The van der Waals surface area contributed by atoms with E-state index in [0.29, 0.717) is 29.1 Å². The van der Waals surface area contributed by atoms with Crippen molar-refractivity contribution in [3.05, 3.63) is 107 Å². The van der Waals surface area contributed by atoms with Crippen molar-refractivity contribution >= 4 is 11.8 Å². The van der Waals surface area contributed by atoms with Gasteiger partial charge in [0.25, 0.3) is 11.8 Å². The minimum Gasteiger partial charge on any atom is -0.467 e. The number of furan rings is 1. The molecule has 0 saturated heterocycles. The zero-order valence-corrected chi connectivity index (χ0v) is 18.9. The summed E-state index contributed by atoms with van der Waals surface area (Å²) >= 11 is 0. The maximum atomic E-state index is 13.3. The largest absolute Gasteiger partial charge is 0.467 e. The van der Waals surface area contributed by atoms with Gasteiger partial charge >= 0.3 is 0 Å². The second-order valence-electron chi connectivity index (χ2n) is 8.13. The Morgan fingerprint density at radius 1 is 1.00 bits per heavy atom. The van der Waals surface area contributed by atoms with Crippen molar-refractivity contribution in [2.75, 3.05) is 0 Å². The van der Waals surface area contributed by atoms with E-state index in [1.807, 2.05) is 19.9 Å². The van der Waals surface area contributed by atoms with Crippen LogP contribution in [0.5, 0.6) is 0 Å². The smallest absolute Gasteiger partial charge is 0.255 e. The fourth-order valence-corrected chi connectivity index (χ4v) is 3.66. The van der Waals surface area contributed by atoms with Crippen LogP contribution in [0.4, 0.5) is 4.39 Å². The van der Waals surface area contributed by atoms with Crippen LogP contribution in [-0.4, -0.2) is 21.6 Å². The molecule has 0 spiro atoms. The highest BCUT2D eigenvalue weighted by Crippen LogP contribution is 2.23. The van der Waals surface area contributed by atoms with Gasteiger partial charge in [-0.05, 0) is 60.0 Å². The Bertz CT molecular complexity index is 1280. The standard InChI is InChI=1S/C26H25FN4O3/c1-17(2)24-23(16-30-31(24)21-10-8-20(27)9-11-21)26(33)28-14-18-5-3-6-19(13-18)25(32)29-15-22-7-4-12-34-22/h3-13,16-17H,14-15H2,1-2H3,(H,28,33)(H,29,32). The quantitative estimate of drug-likeness (QED) is 0.403. The molecule has 2 amide bonds. The molecule has 2 aromatic carbocycles.